The maximum absolute atomic E-state index is 12.0. The second kappa shape index (κ2) is 5.69. The average molecular weight is 409 g/mol. The van der Waals surface area contributed by atoms with Crippen LogP contribution in [0, 0.1) is 0 Å². The predicted molar refractivity (Wildman–Crippen MR) is 90.4 cm³/mol. The minimum Gasteiger partial charge on any atom is -0.305 e. The number of rotatable bonds is 2. The van der Waals surface area contributed by atoms with E-state index in [2.05, 4.69) is 46.8 Å². The van der Waals surface area contributed by atoms with Crippen molar-refractivity contribution in [3.8, 4) is 11.4 Å². The zero-order valence-corrected chi connectivity index (χ0v) is 14.3. The monoisotopic (exact) mass is 407 g/mol. The van der Waals surface area contributed by atoms with E-state index in [1.807, 2.05) is 31.2 Å². The fraction of sp³-hybridized carbons (Fsp3) is 0.133. The third kappa shape index (κ3) is 2.53. The van der Waals surface area contributed by atoms with Crippen LogP contribution in [0.4, 0.5) is 0 Å². The third-order valence-electron chi connectivity index (χ3n) is 3.24. The number of aromatic nitrogens is 3. The molecule has 6 heteroatoms. The van der Waals surface area contributed by atoms with E-state index in [1.165, 1.54) is 0 Å². The second-order valence-corrected chi connectivity index (χ2v) is 6.17. The molecule has 0 aliphatic rings. The predicted octanol–water partition coefficient (Wildman–Crippen LogP) is 4.07. The SMILES string of the molecule is CCc1nc(-c2ccc(Br)c3cccnc23)[nH]c(=O)c1Br. The van der Waals surface area contributed by atoms with Crippen molar-refractivity contribution in [3.05, 3.63) is 55.5 Å². The van der Waals surface area contributed by atoms with E-state index < -0.39 is 0 Å². The summed E-state index contributed by atoms with van der Waals surface area (Å²) in [7, 11) is 0. The highest BCUT2D eigenvalue weighted by Crippen LogP contribution is 2.30. The molecular formula is C15H11Br2N3O. The Labute approximate surface area is 137 Å². The molecule has 3 aromatic rings. The summed E-state index contributed by atoms with van der Waals surface area (Å²) in [5.41, 5.74) is 2.18. The Morgan fingerprint density at radius 2 is 2.05 bits per heavy atom. The van der Waals surface area contributed by atoms with Gasteiger partial charge in [-0.05, 0) is 40.5 Å². The Morgan fingerprint density at radius 3 is 2.81 bits per heavy atom. The highest BCUT2D eigenvalue weighted by Gasteiger charge is 2.13. The number of H-pyrrole nitrogens is 1. The van der Waals surface area contributed by atoms with Crippen LogP contribution < -0.4 is 5.56 Å². The number of benzene rings is 1. The van der Waals surface area contributed by atoms with E-state index in [0.29, 0.717) is 16.7 Å². The van der Waals surface area contributed by atoms with Crippen molar-refractivity contribution in [1.82, 2.24) is 15.0 Å². The van der Waals surface area contributed by atoms with E-state index >= 15 is 0 Å². The summed E-state index contributed by atoms with van der Waals surface area (Å²) < 4.78 is 1.45. The highest BCUT2D eigenvalue weighted by molar-refractivity contribution is 9.11. The molecule has 0 bridgehead atoms. The van der Waals surface area contributed by atoms with Crippen LogP contribution in [0.5, 0.6) is 0 Å². The first-order valence-electron chi connectivity index (χ1n) is 6.44. The Morgan fingerprint density at radius 1 is 1.24 bits per heavy atom. The molecule has 0 unspecified atom stereocenters. The van der Waals surface area contributed by atoms with Gasteiger partial charge in [0.15, 0.2) is 0 Å². The number of aryl methyl sites for hydroxylation is 1. The van der Waals surface area contributed by atoms with Gasteiger partial charge in [-0.1, -0.05) is 28.9 Å². The van der Waals surface area contributed by atoms with E-state index in [0.717, 1.165) is 26.6 Å². The standard InChI is InChI=1S/C15H11Br2N3O/c1-2-11-12(17)15(21)20-14(19-11)9-5-6-10(16)8-4-3-7-18-13(8)9/h3-7H,2H2,1H3,(H,19,20,21). The summed E-state index contributed by atoms with van der Waals surface area (Å²) >= 11 is 6.80. The first-order valence-corrected chi connectivity index (χ1v) is 8.02. The van der Waals surface area contributed by atoms with E-state index in [1.54, 1.807) is 6.20 Å². The Balaban J connectivity index is 2.34. The van der Waals surface area contributed by atoms with Crippen molar-refractivity contribution < 1.29 is 0 Å². The molecule has 0 saturated carbocycles. The van der Waals surface area contributed by atoms with Gasteiger partial charge in [-0.25, -0.2) is 4.98 Å². The first kappa shape index (κ1) is 14.4. The topological polar surface area (TPSA) is 58.6 Å². The molecule has 0 spiro atoms. The van der Waals surface area contributed by atoms with Crippen LogP contribution in [0.2, 0.25) is 0 Å². The molecule has 0 aliphatic heterocycles. The summed E-state index contributed by atoms with van der Waals surface area (Å²) in [6.45, 7) is 1.97. The lowest BCUT2D eigenvalue weighted by atomic mass is 10.1. The van der Waals surface area contributed by atoms with Gasteiger partial charge in [0, 0.05) is 21.6 Å². The molecule has 0 atom stereocenters. The Bertz CT molecular complexity index is 890. The van der Waals surface area contributed by atoms with Gasteiger partial charge in [-0.3, -0.25) is 9.78 Å². The molecule has 0 amide bonds. The number of hydrogen-bond acceptors (Lipinski definition) is 3. The van der Waals surface area contributed by atoms with Crippen LogP contribution in [-0.2, 0) is 6.42 Å². The van der Waals surface area contributed by atoms with Gasteiger partial charge in [-0.15, -0.1) is 0 Å². The van der Waals surface area contributed by atoms with Gasteiger partial charge >= 0.3 is 0 Å². The Hall–Kier alpha value is -1.53. The number of fused-ring (bicyclic) bond motifs is 1. The molecule has 1 N–H and O–H groups in total. The van der Waals surface area contributed by atoms with Gasteiger partial charge < -0.3 is 4.98 Å². The fourth-order valence-electron chi connectivity index (χ4n) is 2.20. The van der Waals surface area contributed by atoms with E-state index in [4.69, 9.17) is 0 Å². The van der Waals surface area contributed by atoms with Crippen LogP contribution >= 0.6 is 31.9 Å². The van der Waals surface area contributed by atoms with E-state index in [-0.39, 0.29) is 5.56 Å². The van der Waals surface area contributed by atoms with Crippen LogP contribution in [0.15, 0.2) is 44.2 Å². The minimum atomic E-state index is -0.177. The molecule has 0 fully saturated rings. The average Bonchev–Trinajstić information content (AvgIpc) is 2.51. The van der Waals surface area contributed by atoms with E-state index in [9.17, 15) is 4.79 Å². The van der Waals surface area contributed by atoms with Crippen molar-refractivity contribution in [2.45, 2.75) is 13.3 Å². The smallest absolute Gasteiger partial charge is 0.265 e. The van der Waals surface area contributed by atoms with Crippen molar-refractivity contribution in [3.63, 3.8) is 0 Å². The molecule has 3 rings (SSSR count). The van der Waals surface area contributed by atoms with Crippen molar-refractivity contribution >= 4 is 42.8 Å². The van der Waals surface area contributed by atoms with Crippen molar-refractivity contribution in [1.29, 1.82) is 0 Å². The molecule has 2 aromatic heterocycles. The summed E-state index contributed by atoms with van der Waals surface area (Å²) in [6, 6.07) is 7.71. The van der Waals surface area contributed by atoms with Crippen LogP contribution in [-0.4, -0.2) is 15.0 Å². The fourth-order valence-corrected chi connectivity index (χ4v) is 3.12. The van der Waals surface area contributed by atoms with Crippen molar-refractivity contribution in [2.24, 2.45) is 0 Å². The summed E-state index contributed by atoms with van der Waals surface area (Å²) in [5, 5.41) is 0.985. The van der Waals surface area contributed by atoms with Gasteiger partial charge in [0.1, 0.15) is 10.3 Å². The second-order valence-electron chi connectivity index (χ2n) is 4.52. The van der Waals surface area contributed by atoms with Gasteiger partial charge in [0.05, 0.1) is 11.2 Å². The van der Waals surface area contributed by atoms with Crippen LogP contribution in [0.3, 0.4) is 0 Å². The van der Waals surface area contributed by atoms with Crippen LogP contribution in [0.1, 0.15) is 12.6 Å². The molecule has 2 heterocycles. The summed E-state index contributed by atoms with van der Waals surface area (Å²) in [5.74, 6) is 0.538. The zero-order chi connectivity index (χ0) is 15.0. The highest BCUT2D eigenvalue weighted by atomic mass is 79.9. The minimum absolute atomic E-state index is 0.177. The van der Waals surface area contributed by atoms with Gasteiger partial charge in [0.25, 0.3) is 5.56 Å². The van der Waals surface area contributed by atoms with Gasteiger partial charge in [0.2, 0.25) is 0 Å². The molecule has 1 aromatic carbocycles. The summed E-state index contributed by atoms with van der Waals surface area (Å²) in [4.78, 5) is 23.8. The molecule has 4 nitrogen and oxygen atoms in total. The number of hydrogen-bond donors (Lipinski definition) is 1. The normalized spacial score (nSPS) is 11.0. The molecule has 0 radical (unpaired) electrons. The molecule has 106 valence electrons. The Kier molecular flexibility index (Phi) is 3.91. The number of aromatic amines is 1. The lowest BCUT2D eigenvalue weighted by Crippen LogP contribution is -2.13. The zero-order valence-electron chi connectivity index (χ0n) is 11.2. The number of pyridine rings is 1. The summed E-state index contributed by atoms with van der Waals surface area (Å²) in [6.07, 6.45) is 2.41. The van der Waals surface area contributed by atoms with Gasteiger partial charge in [-0.2, -0.15) is 0 Å². The molecule has 0 aliphatic carbocycles. The molecule has 21 heavy (non-hydrogen) atoms. The quantitative estimate of drug-likeness (QED) is 0.695. The lowest BCUT2D eigenvalue weighted by Gasteiger charge is -2.08. The number of nitrogens with one attached hydrogen (secondary N) is 1. The molecular weight excluding hydrogens is 398 g/mol. The third-order valence-corrected chi connectivity index (χ3v) is 4.75. The first-order chi connectivity index (χ1) is 10.1. The van der Waals surface area contributed by atoms with Crippen molar-refractivity contribution in [2.75, 3.05) is 0 Å². The lowest BCUT2D eigenvalue weighted by molar-refractivity contribution is 0.971. The maximum Gasteiger partial charge on any atom is 0.265 e. The maximum atomic E-state index is 12.0. The molecule has 0 saturated heterocycles. The number of halogens is 2. The number of nitrogens with zero attached hydrogens (tertiary/aromatic N) is 2. The largest absolute Gasteiger partial charge is 0.305 e. The van der Waals surface area contributed by atoms with Crippen LogP contribution in [0.25, 0.3) is 22.3 Å².